The molecule has 6 rings (SSSR count). The van der Waals surface area contributed by atoms with Gasteiger partial charge in [0.05, 0.1) is 48.0 Å². The molecular formula is C33H40N10O4. The van der Waals surface area contributed by atoms with Crippen LogP contribution in [-0.4, -0.2) is 73.1 Å². The average Bonchev–Trinajstić information content (AvgIpc) is 3.69. The quantitative estimate of drug-likeness (QED) is 0.236. The van der Waals surface area contributed by atoms with Crippen molar-refractivity contribution < 1.29 is 19.1 Å². The van der Waals surface area contributed by atoms with E-state index in [1.807, 2.05) is 56.0 Å². The van der Waals surface area contributed by atoms with E-state index in [2.05, 4.69) is 37.4 Å². The average molecular weight is 641 g/mol. The third kappa shape index (κ3) is 7.45. The highest BCUT2D eigenvalue weighted by atomic mass is 16.6. The first-order valence-corrected chi connectivity index (χ1v) is 16.0. The van der Waals surface area contributed by atoms with Crippen LogP contribution in [0.3, 0.4) is 0 Å². The molecule has 2 fully saturated rings. The molecule has 47 heavy (non-hydrogen) atoms. The second-order valence-electron chi connectivity index (χ2n) is 13.3. The van der Waals surface area contributed by atoms with Gasteiger partial charge in [0.2, 0.25) is 0 Å². The summed E-state index contributed by atoms with van der Waals surface area (Å²) in [7, 11) is 1.36. The first-order chi connectivity index (χ1) is 22.6. The van der Waals surface area contributed by atoms with E-state index in [-0.39, 0.29) is 24.2 Å². The summed E-state index contributed by atoms with van der Waals surface area (Å²) < 4.78 is 13.8. The standard InChI is InChI=1S/C33H40N10O4/c1-33(2,3)47-32(45)39-22-5-7-24(8-6-22)42-19-29(40-41-42)26-18-35-28(30-10-9-25-13-21(15-34)17-37-43(25)30)14-27(26)38-23-11-20(12-23)16-36-31(44)46-4/h9-10,13-14,17-20,22-24H,5-8,11-12,16H2,1-4H3,(H,35,38)(H,36,44)(H,39,45)/t20-,22-,23-,24-. The van der Waals surface area contributed by atoms with Crippen molar-refractivity contribution in [3.8, 4) is 28.7 Å². The molecule has 0 bridgehead atoms. The summed E-state index contributed by atoms with van der Waals surface area (Å²) >= 11 is 0. The predicted octanol–water partition coefficient (Wildman–Crippen LogP) is 5.08. The monoisotopic (exact) mass is 640 g/mol. The second kappa shape index (κ2) is 13.3. The number of anilines is 1. The number of carbonyl (C=O) groups is 2. The molecule has 14 heteroatoms. The molecule has 2 aliphatic rings. The van der Waals surface area contributed by atoms with Gasteiger partial charge < -0.3 is 25.4 Å². The smallest absolute Gasteiger partial charge is 0.407 e. The Morgan fingerprint density at radius 2 is 1.83 bits per heavy atom. The van der Waals surface area contributed by atoms with E-state index >= 15 is 0 Å². The van der Waals surface area contributed by atoms with Crippen LogP contribution >= 0.6 is 0 Å². The Bertz CT molecular complexity index is 1790. The molecule has 0 aromatic carbocycles. The van der Waals surface area contributed by atoms with Crippen LogP contribution in [0.15, 0.2) is 42.9 Å². The van der Waals surface area contributed by atoms with Gasteiger partial charge >= 0.3 is 12.2 Å². The van der Waals surface area contributed by atoms with Crippen LogP contribution < -0.4 is 16.0 Å². The van der Waals surface area contributed by atoms with Crippen LogP contribution in [0.25, 0.3) is 28.2 Å². The van der Waals surface area contributed by atoms with Gasteiger partial charge in [0.15, 0.2) is 0 Å². The molecule has 2 aliphatic carbocycles. The van der Waals surface area contributed by atoms with Gasteiger partial charge in [0, 0.05) is 36.1 Å². The number of pyridine rings is 1. The summed E-state index contributed by atoms with van der Waals surface area (Å²) in [6.45, 7) is 6.14. The molecule has 2 saturated carbocycles. The van der Waals surface area contributed by atoms with Gasteiger partial charge in [0.1, 0.15) is 17.4 Å². The van der Waals surface area contributed by atoms with Crippen molar-refractivity contribution in [1.82, 2.24) is 40.2 Å². The highest BCUT2D eigenvalue weighted by Crippen LogP contribution is 2.36. The van der Waals surface area contributed by atoms with Crippen molar-refractivity contribution in [3.05, 3.63) is 48.4 Å². The van der Waals surface area contributed by atoms with E-state index in [4.69, 9.17) is 14.5 Å². The van der Waals surface area contributed by atoms with E-state index in [1.165, 1.54) is 7.11 Å². The first-order valence-electron chi connectivity index (χ1n) is 16.0. The lowest BCUT2D eigenvalue weighted by Gasteiger charge is -2.36. The summed E-state index contributed by atoms with van der Waals surface area (Å²) in [6.07, 6.45) is 9.66. The molecule has 0 unspecified atom stereocenters. The number of aromatic nitrogens is 6. The Morgan fingerprint density at radius 3 is 2.55 bits per heavy atom. The Hall–Kier alpha value is -5.19. The highest BCUT2D eigenvalue weighted by Gasteiger charge is 2.31. The molecule has 0 spiro atoms. The van der Waals surface area contributed by atoms with Gasteiger partial charge in [-0.1, -0.05) is 5.21 Å². The molecule has 2 amide bonds. The minimum absolute atomic E-state index is 0.0666. The minimum atomic E-state index is -0.532. The fourth-order valence-corrected chi connectivity index (χ4v) is 6.25. The molecule has 14 nitrogen and oxygen atoms in total. The normalized spacial score (nSPS) is 20.9. The fourth-order valence-electron chi connectivity index (χ4n) is 6.25. The number of rotatable bonds is 8. The molecule has 0 saturated heterocycles. The molecule has 4 aromatic rings. The van der Waals surface area contributed by atoms with E-state index < -0.39 is 11.7 Å². The maximum atomic E-state index is 12.2. The number of amides is 2. The van der Waals surface area contributed by atoms with E-state index in [0.29, 0.717) is 23.7 Å². The molecular weight excluding hydrogens is 600 g/mol. The van der Waals surface area contributed by atoms with Gasteiger partial charge in [0.25, 0.3) is 0 Å². The molecule has 246 valence electrons. The van der Waals surface area contributed by atoms with Crippen LogP contribution in [0.2, 0.25) is 0 Å². The van der Waals surface area contributed by atoms with Crippen LogP contribution in [0, 0.1) is 17.2 Å². The number of hydrogen-bond acceptors (Lipinski definition) is 10. The van der Waals surface area contributed by atoms with Gasteiger partial charge in [-0.25, -0.2) is 18.8 Å². The zero-order valence-electron chi connectivity index (χ0n) is 27.1. The van der Waals surface area contributed by atoms with Crippen molar-refractivity contribution in [2.45, 2.75) is 83.0 Å². The highest BCUT2D eigenvalue weighted by molar-refractivity contribution is 5.79. The third-order valence-electron chi connectivity index (χ3n) is 8.69. The first kappa shape index (κ1) is 31.8. The number of carbonyl (C=O) groups excluding carboxylic acids is 2. The number of nitrogens with zero attached hydrogens (tertiary/aromatic N) is 7. The molecule has 0 atom stereocenters. The zero-order valence-corrected chi connectivity index (χ0v) is 27.1. The summed E-state index contributed by atoms with van der Waals surface area (Å²) in [4.78, 5) is 28.6. The van der Waals surface area contributed by atoms with Crippen molar-refractivity contribution in [2.75, 3.05) is 19.0 Å². The topological polar surface area (TPSA) is 173 Å². The lowest BCUT2D eigenvalue weighted by Crippen LogP contribution is -2.42. The van der Waals surface area contributed by atoms with Crippen molar-refractivity contribution in [2.24, 2.45) is 5.92 Å². The Labute approximate surface area is 272 Å². The second-order valence-corrected chi connectivity index (χ2v) is 13.3. The molecule has 0 radical (unpaired) electrons. The largest absolute Gasteiger partial charge is 0.453 e. The number of ether oxygens (including phenoxy) is 2. The zero-order chi connectivity index (χ0) is 33.1. The third-order valence-corrected chi connectivity index (χ3v) is 8.69. The predicted molar refractivity (Wildman–Crippen MR) is 173 cm³/mol. The summed E-state index contributed by atoms with van der Waals surface area (Å²) in [5.74, 6) is 0.352. The number of hydrogen-bond donors (Lipinski definition) is 3. The lowest BCUT2D eigenvalue weighted by molar-refractivity contribution is 0.0487. The SMILES string of the molecule is COC(=O)NC[C@H]1C[C@H](Nc2cc(-c3ccc4cc(C#N)cnn34)ncc2-c2cn([C@H]3CC[C@H](NC(=O)OC(C)(C)C)CC3)nn2)C1. The summed E-state index contributed by atoms with van der Waals surface area (Å²) in [5.41, 5.74) is 4.70. The van der Waals surface area contributed by atoms with Gasteiger partial charge in [-0.15, -0.1) is 5.10 Å². The Balaban J connectivity index is 1.19. The van der Waals surface area contributed by atoms with E-state index in [9.17, 15) is 14.9 Å². The molecule has 0 aliphatic heterocycles. The number of nitrogens with one attached hydrogen (secondary N) is 3. The van der Waals surface area contributed by atoms with Gasteiger partial charge in [-0.2, -0.15) is 10.4 Å². The lowest BCUT2D eigenvalue weighted by atomic mass is 9.80. The summed E-state index contributed by atoms with van der Waals surface area (Å²) in [6, 6.07) is 10.2. The van der Waals surface area contributed by atoms with Gasteiger partial charge in [-0.05, 0) is 89.5 Å². The van der Waals surface area contributed by atoms with Crippen molar-refractivity contribution in [3.63, 3.8) is 0 Å². The van der Waals surface area contributed by atoms with E-state index in [0.717, 1.165) is 66.7 Å². The number of nitriles is 1. The van der Waals surface area contributed by atoms with Gasteiger partial charge in [-0.3, -0.25) is 4.98 Å². The number of methoxy groups -OCH3 is 1. The molecule has 4 aromatic heterocycles. The van der Waals surface area contributed by atoms with E-state index in [1.54, 1.807) is 16.8 Å². The number of alkyl carbamates (subject to hydrolysis) is 2. The van der Waals surface area contributed by atoms with Crippen LogP contribution in [0.5, 0.6) is 0 Å². The van der Waals surface area contributed by atoms with Crippen molar-refractivity contribution >= 4 is 23.4 Å². The minimum Gasteiger partial charge on any atom is -0.453 e. The molecule has 4 heterocycles. The van der Waals surface area contributed by atoms with Crippen molar-refractivity contribution in [1.29, 1.82) is 5.26 Å². The summed E-state index contributed by atoms with van der Waals surface area (Å²) in [5, 5.41) is 32.3. The van der Waals surface area contributed by atoms with Crippen LogP contribution in [0.1, 0.15) is 70.9 Å². The fraction of sp³-hybridized carbons (Fsp3) is 0.485. The van der Waals surface area contributed by atoms with Crippen LogP contribution in [0.4, 0.5) is 15.3 Å². The van der Waals surface area contributed by atoms with Crippen LogP contribution in [-0.2, 0) is 9.47 Å². The maximum Gasteiger partial charge on any atom is 0.407 e. The molecule has 3 N–H and O–H groups in total. The number of fused-ring (bicyclic) bond motifs is 1. The Kier molecular flexibility index (Phi) is 8.97. The maximum absolute atomic E-state index is 12.2. The Morgan fingerprint density at radius 1 is 1.04 bits per heavy atom.